The fourth-order valence-corrected chi connectivity index (χ4v) is 3.30. The molecule has 2 aromatic heterocycles. The van der Waals surface area contributed by atoms with Crippen molar-refractivity contribution in [3.8, 4) is 17.2 Å². The second-order valence-electron chi connectivity index (χ2n) is 6.29. The molecule has 1 N–H and O–H groups in total. The summed E-state index contributed by atoms with van der Waals surface area (Å²) < 4.78 is 12.0. The summed E-state index contributed by atoms with van der Waals surface area (Å²) in [5.74, 6) is 1.45. The van der Waals surface area contributed by atoms with Gasteiger partial charge < -0.3 is 14.5 Å². The molecule has 1 aliphatic heterocycles. The molecule has 1 atom stereocenters. The van der Waals surface area contributed by atoms with Crippen molar-refractivity contribution in [2.75, 3.05) is 13.1 Å². The van der Waals surface area contributed by atoms with Crippen molar-refractivity contribution in [1.82, 2.24) is 15.3 Å². The van der Waals surface area contributed by atoms with E-state index in [0.29, 0.717) is 5.89 Å². The van der Waals surface area contributed by atoms with E-state index in [1.54, 1.807) is 6.20 Å². The van der Waals surface area contributed by atoms with E-state index < -0.39 is 0 Å². The van der Waals surface area contributed by atoms with Gasteiger partial charge in [0.25, 0.3) is 0 Å². The molecule has 1 aliphatic rings. The quantitative estimate of drug-likeness (QED) is 0.619. The van der Waals surface area contributed by atoms with Crippen LogP contribution in [-0.4, -0.2) is 29.2 Å². The Labute approximate surface area is 144 Å². The van der Waals surface area contributed by atoms with Gasteiger partial charge >= 0.3 is 0 Å². The van der Waals surface area contributed by atoms with Gasteiger partial charge in [-0.05, 0) is 43.3 Å². The van der Waals surface area contributed by atoms with Crippen LogP contribution in [0.15, 0.2) is 59.3 Å². The smallest absolute Gasteiger partial charge is 0.229 e. The molecule has 0 amide bonds. The number of hydrogen-bond acceptors (Lipinski definition) is 5. The van der Waals surface area contributed by atoms with Crippen LogP contribution in [0.4, 0.5) is 0 Å². The Bertz CT molecular complexity index is 1020. The number of oxazole rings is 1. The van der Waals surface area contributed by atoms with Crippen molar-refractivity contribution in [2.24, 2.45) is 0 Å². The van der Waals surface area contributed by atoms with Crippen LogP contribution in [0.3, 0.4) is 0 Å². The molecule has 4 aromatic rings. The fraction of sp³-hybridized carbons (Fsp3) is 0.200. The maximum absolute atomic E-state index is 6.10. The summed E-state index contributed by atoms with van der Waals surface area (Å²) in [6.07, 6.45) is 4.91. The Hall–Kier alpha value is -2.92. The molecule has 0 unspecified atom stereocenters. The van der Waals surface area contributed by atoms with Crippen LogP contribution >= 0.6 is 0 Å². The van der Waals surface area contributed by atoms with Crippen LogP contribution in [0.25, 0.3) is 33.3 Å². The molecule has 25 heavy (non-hydrogen) atoms. The largest absolute Gasteiger partial charge is 0.489 e. The van der Waals surface area contributed by atoms with E-state index in [-0.39, 0.29) is 6.10 Å². The highest BCUT2D eigenvalue weighted by Gasteiger charge is 2.17. The van der Waals surface area contributed by atoms with Gasteiger partial charge in [-0.15, -0.1) is 0 Å². The monoisotopic (exact) mass is 331 g/mol. The fourth-order valence-electron chi connectivity index (χ4n) is 3.30. The number of hydrogen-bond donors (Lipinski definition) is 1. The average Bonchev–Trinajstić information content (AvgIpc) is 3.30. The molecule has 5 rings (SSSR count). The molecule has 0 saturated carbocycles. The molecule has 3 heterocycles. The molecule has 1 saturated heterocycles. The number of fused-ring (bicyclic) bond motifs is 2. The summed E-state index contributed by atoms with van der Waals surface area (Å²) in [6.45, 7) is 1.91. The van der Waals surface area contributed by atoms with Gasteiger partial charge in [-0.3, -0.25) is 4.98 Å². The second kappa shape index (κ2) is 5.86. The van der Waals surface area contributed by atoms with Gasteiger partial charge in [0.2, 0.25) is 5.89 Å². The highest BCUT2D eigenvalue weighted by molar-refractivity contribution is 5.95. The molecule has 0 radical (unpaired) electrons. The maximum Gasteiger partial charge on any atom is 0.229 e. The number of ether oxygens (including phenoxy) is 1. The summed E-state index contributed by atoms with van der Waals surface area (Å²) in [6, 6.07) is 13.9. The Morgan fingerprint density at radius 2 is 2.08 bits per heavy atom. The topological polar surface area (TPSA) is 60.2 Å². The third-order valence-corrected chi connectivity index (χ3v) is 4.57. The zero-order chi connectivity index (χ0) is 16.6. The Balaban J connectivity index is 1.61. The molecule has 0 aliphatic carbocycles. The lowest BCUT2D eigenvalue weighted by molar-refractivity contribution is 0.223. The van der Waals surface area contributed by atoms with Crippen molar-refractivity contribution >= 4 is 21.9 Å². The minimum absolute atomic E-state index is 0.229. The zero-order valence-corrected chi connectivity index (χ0v) is 13.6. The van der Waals surface area contributed by atoms with Gasteiger partial charge in [0.05, 0.1) is 5.56 Å². The first-order valence-corrected chi connectivity index (χ1v) is 8.48. The predicted octanol–water partition coefficient (Wildman–Crippen LogP) is 3.78. The number of nitrogens with zero attached hydrogens (tertiary/aromatic N) is 2. The molecule has 5 heteroatoms. The van der Waals surface area contributed by atoms with Crippen molar-refractivity contribution in [1.29, 1.82) is 0 Å². The molecule has 0 spiro atoms. The van der Waals surface area contributed by atoms with Crippen molar-refractivity contribution in [3.05, 3.63) is 54.9 Å². The van der Waals surface area contributed by atoms with Crippen LogP contribution in [0, 0.1) is 0 Å². The van der Waals surface area contributed by atoms with Crippen LogP contribution in [0.1, 0.15) is 6.42 Å². The van der Waals surface area contributed by atoms with Gasteiger partial charge in [0, 0.05) is 29.7 Å². The summed E-state index contributed by atoms with van der Waals surface area (Å²) in [7, 11) is 0. The third-order valence-electron chi connectivity index (χ3n) is 4.57. The Kier molecular flexibility index (Phi) is 3.38. The van der Waals surface area contributed by atoms with E-state index in [1.807, 2.05) is 42.6 Å². The van der Waals surface area contributed by atoms with Gasteiger partial charge in [0.15, 0.2) is 5.58 Å². The number of para-hydroxylation sites is 2. The lowest BCUT2D eigenvalue weighted by Gasteiger charge is -2.13. The maximum atomic E-state index is 6.10. The lowest BCUT2D eigenvalue weighted by atomic mass is 10.1. The van der Waals surface area contributed by atoms with Gasteiger partial charge in [0.1, 0.15) is 17.4 Å². The number of aromatic nitrogens is 2. The van der Waals surface area contributed by atoms with Gasteiger partial charge in [-0.1, -0.05) is 12.1 Å². The molecular weight excluding hydrogens is 314 g/mol. The molecule has 1 fully saturated rings. The third kappa shape index (κ3) is 2.62. The first-order valence-electron chi connectivity index (χ1n) is 8.48. The first kappa shape index (κ1) is 14.4. The number of benzene rings is 2. The van der Waals surface area contributed by atoms with E-state index in [2.05, 4.69) is 21.4 Å². The van der Waals surface area contributed by atoms with Crippen molar-refractivity contribution < 1.29 is 9.15 Å². The standard InChI is InChI=1S/C20H17N3O2/c1-2-4-19-18(3-1)23-20(25-19)17-12-22-10-13-5-6-14(9-16(13)17)24-15-7-8-21-11-15/h1-6,9-10,12,15,21H,7-8,11H2/t15-/m0/s1. The van der Waals surface area contributed by atoms with Gasteiger partial charge in [-0.2, -0.15) is 0 Å². The highest BCUT2D eigenvalue weighted by Crippen LogP contribution is 2.32. The van der Waals surface area contributed by atoms with Crippen LogP contribution in [0.5, 0.6) is 5.75 Å². The molecule has 0 bridgehead atoms. The predicted molar refractivity (Wildman–Crippen MR) is 96.6 cm³/mol. The molecule has 2 aromatic carbocycles. The van der Waals surface area contributed by atoms with Crippen molar-refractivity contribution in [2.45, 2.75) is 12.5 Å². The average molecular weight is 331 g/mol. The summed E-state index contributed by atoms with van der Waals surface area (Å²) in [5.41, 5.74) is 2.50. The Morgan fingerprint density at radius 3 is 2.96 bits per heavy atom. The minimum Gasteiger partial charge on any atom is -0.489 e. The number of nitrogens with one attached hydrogen (secondary N) is 1. The van der Waals surface area contributed by atoms with E-state index in [0.717, 1.165) is 52.7 Å². The van der Waals surface area contributed by atoms with E-state index in [1.165, 1.54) is 0 Å². The SMILES string of the molecule is c1ccc2oc(-c3cncc4ccc(O[C@H]5CCNC5)cc34)nc2c1. The van der Waals surface area contributed by atoms with E-state index in [9.17, 15) is 0 Å². The highest BCUT2D eigenvalue weighted by atomic mass is 16.5. The number of rotatable bonds is 3. The second-order valence-corrected chi connectivity index (χ2v) is 6.29. The molecule has 5 nitrogen and oxygen atoms in total. The zero-order valence-electron chi connectivity index (χ0n) is 13.6. The summed E-state index contributed by atoms with van der Waals surface area (Å²) in [4.78, 5) is 8.95. The normalized spacial score (nSPS) is 17.4. The van der Waals surface area contributed by atoms with Crippen LogP contribution < -0.4 is 10.1 Å². The Morgan fingerprint density at radius 1 is 1.12 bits per heavy atom. The summed E-state index contributed by atoms with van der Waals surface area (Å²) >= 11 is 0. The van der Waals surface area contributed by atoms with E-state index in [4.69, 9.17) is 9.15 Å². The lowest BCUT2D eigenvalue weighted by Crippen LogP contribution is -2.19. The molecule has 124 valence electrons. The summed E-state index contributed by atoms with van der Waals surface area (Å²) in [5, 5.41) is 5.39. The van der Waals surface area contributed by atoms with E-state index >= 15 is 0 Å². The number of pyridine rings is 1. The van der Waals surface area contributed by atoms with Crippen LogP contribution in [-0.2, 0) is 0 Å². The van der Waals surface area contributed by atoms with Crippen molar-refractivity contribution in [3.63, 3.8) is 0 Å². The van der Waals surface area contributed by atoms with Crippen LogP contribution in [0.2, 0.25) is 0 Å². The minimum atomic E-state index is 0.229. The first-order chi connectivity index (χ1) is 12.4. The molecular formula is C20H17N3O2. The van der Waals surface area contributed by atoms with Gasteiger partial charge in [-0.25, -0.2) is 4.98 Å².